The van der Waals surface area contributed by atoms with Crippen LogP contribution in [0.5, 0.6) is 0 Å². The summed E-state index contributed by atoms with van der Waals surface area (Å²) in [6, 6.07) is 12.6. The minimum atomic E-state index is 0.514. The number of rotatable bonds is 7. The second-order valence-corrected chi connectivity index (χ2v) is 8.42. The van der Waals surface area contributed by atoms with Crippen LogP contribution in [0, 0.1) is 12.8 Å². The number of anilines is 1. The van der Waals surface area contributed by atoms with E-state index in [0.717, 1.165) is 54.5 Å². The van der Waals surface area contributed by atoms with Crippen molar-refractivity contribution in [2.45, 2.75) is 26.7 Å². The van der Waals surface area contributed by atoms with Crippen LogP contribution in [0.2, 0.25) is 0 Å². The van der Waals surface area contributed by atoms with Crippen LogP contribution in [-0.4, -0.2) is 47.0 Å². The van der Waals surface area contributed by atoms with Gasteiger partial charge in [-0.05, 0) is 43.6 Å². The molecule has 1 N–H and O–H groups in total. The zero-order chi connectivity index (χ0) is 20.4. The Bertz CT molecular complexity index is 998. The number of benzene rings is 1. The highest BCUT2D eigenvalue weighted by atomic mass is 15.1. The molecule has 0 spiro atoms. The third-order valence-electron chi connectivity index (χ3n) is 5.23. The quantitative estimate of drug-likeness (QED) is 0.520. The molecule has 1 aromatic carbocycles. The number of nitrogens with one attached hydrogen (secondary N) is 1. The first-order chi connectivity index (χ1) is 14.0. The summed E-state index contributed by atoms with van der Waals surface area (Å²) in [6.45, 7) is 6.25. The summed E-state index contributed by atoms with van der Waals surface area (Å²) in [5.74, 6) is 2.30. The molecule has 150 valence electrons. The highest BCUT2D eigenvalue weighted by molar-refractivity contribution is 5.81. The molecule has 3 aromatic rings. The van der Waals surface area contributed by atoms with E-state index >= 15 is 0 Å². The van der Waals surface area contributed by atoms with Crippen molar-refractivity contribution in [1.82, 2.24) is 19.9 Å². The van der Waals surface area contributed by atoms with E-state index < -0.39 is 0 Å². The monoisotopic (exact) mass is 387 g/mol. The SMILES string of the molecule is Cc1cnc2c(c1)Cc1nc(Cc3ccccc3)nc(NCC(C)CN(C)C)c1-2. The second-order valence-electron chi connectivity index (χ2n) is 8.42. The van der Waals surface area contributed by atoms with Crippen LogP contribution in [0.4, 0.5) is 5.82 Å². The lowest BCUT2D eigenvalue weighted by Gasteiger charge is -2.19. The van der Waals surface area contributed by atoms with Gasteiger partial charge in [0.15, 0.2) is 0 Å². The topological polar surface area (TPSA) is 53.9 Å². The molecule has 0 fully saturated rings. The summed E-state index contributed by atoms with van der Waals surface area (Å²) in [5, 5.41) is 3.61. The minimum Gasteiger partial charge on any atom is -0.369 e. The molecule has 0 radical (unpaired) electrons. The first-order valence-electron chi connectivity index (χ1n) is 10.3. The van der Waals surface area contributed by atoms with Gasteiger partial charge in [-0.3, -0.25) is 4.98 Å². The molecule has 0 bridgehead atoms. The van der Waals surface area contributed by atoms with Crippen LogP contribution >= 0.6 is 0 Å². The summed E-state index contributed by atoms with van der Waals surface area (Å²) in [7, 11) is 4.22. The maximum atomic E-state index is 4.94. The Morgan fingerprint density at radius 2 is 1.93 bits per heavy atom. The fourth-order valence-electron chi connectivity index (χ4n) is 4.05. The van der Waals surface area contributed by atoms with E-state index in [-0.39, 0.29) is 0 Å². The van der Waals surface area contributed by atoms with Gasteiger partial charge in [0.25, 0.3) is 0 Å². The van der Waals surface area contributed by atoms with E-state index in [1.807, 2.05) is 12.3 Å². The molecular weight excluding hydrogens is 358 g/mol. The summed E-state index contributed by atoms with van der Waals surface area (Å²) in [4.78, 5) is 16.8. The fourth-order valence-corrected chi connectivity index (χ4v) is 4.05. The fraction of sp³-hybridized carbons (Fsp3) is 0.375. The van der Waals surface area contributed by atoms with Crippen molar-refractivity contribution in [2.24, 2.45) is 5.92 Å². The Morgan fingerprint density at radius 3 is 2.69 bits per heavy atom. The first kappa shape index (κ1) is 19.5. The van der Waals surface area contributed by atoms with Gasteiger partial charge in [0.05, 0.1) is 17.0 Å². The Kier molecular flexibility index (Phi) is 5.58. The zero-order valence-electron chi connectivity index (χ0n) is 17.7. The van der Waals surface area contributed by atoms with Gasteiger partial charge in [-0.15, -0.1) is 0 Å². The van der Waals surface area contributed by atoms with E-state index in [2.05, 4.69) is 68.5 Å². The molecule has 0 saturated heterocycles. The average molecular weight is 388 g/mol. The Morgan fingerprint density at radius 1 is 1.14 bits per heavy atom. The van der Waals surface area contributed by atoms with Crippen molar-refractivity contribution in [3.63, 3.8) is 0 Å². The van der Waals surface area contributed by atoms with Crippen molar-refractivity contribution < 1.29 is 0 Å². The molecule has 29 heavy (non-hydrogen) atoms. The molecular formula is C24H29N5. The van der Waals surface area contributed by atoms with Crippen LogP contribution < -0.4 is 5.32 Å². The molecule has 1 atom stereocenters. The number of fused-ring (bicyclic) bond motifs is 3. The van der Waals surface area contributed by atoms with Crippen LogP contribution in [0.25, 0.3) is 11.3 Å². The predicted molar refractivity (Wildman–Crippen MR) is 118 cm³/mol. The highest BCUT2D eigenvalue weighted by Crippen LogP contribution is 2.38. The zero-order valence-corrected chi connectivity index (χ0v) is 17.7. The van der Waals surface area contributed by atoms with Crippen molar-refractivity contribution in [3.05, 3.63) is 70.8 Å². The highest BCUT2D eigenvalue weighted by Gasteiger charge is 2.26. The molecule has 1 unspecified atom stereocenters. The van der Waals surface area contributed by atoms with E-state index in [1.54, 1.807) is 0 Å². The maximum Gasteiger partial charge on any atom is 0.139 e. The van der Waals surface area contributed by atoms with Gasteiger partial charge >= 0.3 is 0 Å². The van der Waals surface area contributed by atoms with Gasteiger partial charge in [0, 0.05) is 32.1 Å². The Balaban J connectivity index is 1.67. The molecule has 0 saturated carbocycles. The average Bonchev–Trinajstić information content (AvgIpc) is 3.03. The molecule has 0 aliphatic heterocycles. The standard InChI is InChI=1S/C24H29N5/c1-16-10-19-12-20-22(23(19)25-13-16)24(26-14-17(2)15-29(3)4)28-21(27-20)11-18-8-6-5-7-9-18/h5-10,13,17H,11-12,14-15H2,1-4H3,(H,26,27,28). The predicted octanol–water partition coefficient (Wildman–Crippen LogP) is 3.95. The molecule has 1 aliphatic carbocycles. The van der Waals surface area contributed by atoms with E-state index in [4.69, 9.17) is 15.0 Å². The summed E-state index contributed by atoms with van der Waals surface area (Å²) >= 11 is 0. The van der Waals surface area contributed by atoms with Gasteiger partial charge < -0.3 is 10.2 Å². The van der Waals surface area contributed by atoms with Gasteiger partial charge in [0.2, 0.25) is 0 Å². The minimum absolute atomic E-state index is 0.514. The maximum absolute atomic E-state index is 4.94. The lowest BCUT2D eigenvalue weighted by atomic mass is 10.1. The largest absolute Gasteiger partial charge is 0.369 e. The normalized spacial score (nSPS) is 13.3. The third-order valence-corrected chi connectivity index (χ3v) is 5.23. The van der Waals surface area contributed by atoms with Crippen LogP contribution in [0.3, 0.4) is 0 Å². The molecule has 5 nitrogen and oxygen atoms in total. The van der Waals surface area contributed by atoms with Crippen LogP contribution in [0.1, 0.15) is 35.1 Å². The van der Waals surface area contributed by atoms with Gasteiger partial charge in [0.1, 0.15) is 11.6 Å². The number of aromatic nitrogens is 3. The number of aryl methyl sites for hydroxylation is 1. The van der Waals surface area contributed by atoms with E-state index in [0.29, 0.717) is 5.92 Å². The molecule has 1 aliphatic rings. The van der Waals surface area contributed by atoms with E-state index in [1.165, 1.54) is 16.7 Å². The van der Waals surface area contributed by atoms with Crippen LogP contribution in [0.15, 0.2) is 42.6 Å². The second kappa shape index (κ2) is 8.29. The van der Waals surface area contributed by atoms with Gasteiger partial charge in [-0.1, -0.05) is 43.3 Å². The lowest BCUT2D eigenvalue weighted by Crippen LogP contribution is -2.25. The van der Waals surface area contributed by atoms with E-state index in [9.17, 15) is 0 Å². The number of hydrogen-bond donors (Lipinski definition) is 1. The smallest absolute Gasteiger partial charge is 0.139 e. The van der Waals surface area contributed by atoms with Crippen molar-refractivity contribution in [2.75, 3.05) is 32.5 Å². The molecule has 2 aromatic heterocycles. The van der Waals surface area contributed by atoms with Crippen LogP contribution in [-0.2, 0) is 12.8 Å². The number of nitrogens with zero attached hydrogens (tertiary/aromatic N) is 4. The summed E-state index contributed by atoms with van der Waals surface area (Å²) in [6.07, 6.45) is 3.49. The van der Waals surface area contributed by atoms with Crippen molar-refractivity contribution in [3.8, 4) is 11.3 Å². The Labute approximate surface area is 173 Å². The lowest BCUT2D eigenvalue weighted by molar-refractivity contribution is 0.347. The van der Waals surface area contributed by atoms with Crippen molar-refractivity contribution in [1.29, 1.82) is 0 Å². The summed E-state index contributed by atoms with van der Waals surface area (Å²) in [5.41, 5.74) is 6.85. The first-order valence-corrected chi connectivity index (χ1v) is 10.3. The van der Waals surface area contributed by atoms with Gasteiger partial charge in [-0.25, -0.2) is 9.97 Å². The molecule has 2 heterocycles. The van der Waals surface area contributed by atoms with Gasteiger partial charge in [-0.2, -0.15) is 0 Å². The molecule has 5 heteroatoms. The Hall–Kier alpha value is -2.79. The molecule has 4 rings (SSSR count). The molecule has 0 amide bonds. The summed E-state index contributed by atoms with van der Waals surface area (Å²) < 4.78 is 0. The van der Waals surface area contributed by atoms with Crippen molar-refractivity contribution >= 4 is 5.82 Å². The third kappa shape index (κ3) is 4.46. The number of pyridine rings is 1. The number of hydrogen-bond acceptors (Lipinski definition) is 5.